The fourth-order valence-corrected chi connectivity index (χ4v) is 2.92. The van der Waals surface area contributed by atoms with Gasteiger partial charge in [-0.25, -0.2) is 0 Å². The summed E-state index contributed by atoms with van der Waals surface area (Å²) in [5.74, 6) is 0.583. The average Bonchev–Trinajstić information content (AvgIpc) is 2.55. The molecule has 0 N–H and O–H groups in total. The second-order valence-corrected chi connectivity index (χ2v) is 4.80. The van der Waals surface area contributed by atoms with E-state index in [1.54, 1.807) is 0 Å². The van der Waals surface area contributed by atoms with Gasteiger partial charge in [0.05, 0.1) is 6.10 Å². The molecule has 2 fully saturated rings. The molecule has 84 valence electrons. The minimum Gasteiger partial charge on any atom is -0.366 e. The van der Waals surface area contributed by atoms with E-state index in [0.717, 1.165) is 12.8 Å². The van der Waals surface area contributed by atoms with Crippen LogP contribution < -0.4 is 0 Å². The van der Waals surface area contributed by atoms with Crippen LogP contribution in [0, 0.1) is 0 Å². The molecule has 2 heteroatoms. The molecule has 2 heterocycles. The molecule has 2 aliphatic rings. The third-order valence-electron chi connectivity index (χ3n) is 3.72. The van der Waals surface area contributed by atoms with Crippen molar-refractivity contribution in [2.24, 2.45) is 0 Å². The van der Waals surface area contributed by atoms with E-state index in [1.165, 1.54) is 12.0 Å². The van der Waals surface area contributed by atoms with E-state index in [9.17, 15) is 4.79 Å². The van der Waals surface area contributed by atoms with Crippen molar-refractivity contribution < 1.29 is 9.53 Å². The smallest absolute Gasteiger partial charge is 0.164 e. The number of hydrogen-bond acceptors (Lipinski definition) is 2. The predicted molar refractivity (Wildman–Crippen MR) is 61.3 cm³/mol. The van der Waals surface area contributed by atoms with Crippen molar-refractivity contribution in [1.82, 2.24) is 0 Å². The number of hydrogen-bond donors (Lipinski definition) is 0. The van der Waals surface area contributed by atoms with Crippen LogP contribution >= 0.6 is 0 Å². The van der Waals surface area contributed by atoms with E-state index < -0.39 is 0 Å². The second kappa shape index (κ2) is 4.02. The van der Waals surface area contributed by atoms with E-state index >= 15 is 0 Å². The van der Waals surface area contributed by atoms with Gasteiger partial charge in [-0.2, -0.15) is 0 Å². The summed E-state index contributed by atoms with van der Waals surface area (Å²) < 4.78 is 5.85. The van der Waals surface area contributed by atoms with Crippen molar-refractivity contribution in [3.63, 3.8) is 0 Å². The molecular formula is C14H16O2. The van der Waals surface area contributed by atoms with Gasteiger partial charge in [0.25, 0.3) is 0 Å². The highest BCUT2D eigenvalue weighted by atomic mass is 16.5. The maximum Gasteiger partial charge on any atom is 0.164 e. The minimum atomic E-state index is -0.171. The van der Waals surface area contributed by atoms with Gasteiger partial charge in [-0.15, -0.1) is 0 Å². The molecule has 3 rings (SSSR count). The van der Waals surface area contributed by atoms with Crippen LogP contribution in [0.1, 0.15) is 37.2 Å². The highest BCUT2D eigenvalue weighted by Gasteiger charge is 2.41. The molecule has 2 aliphatic heterocycles. The third kappa shape index (κ3) is 1.67. The number of ketones is 1. The van der Waals surface area contributed by atoms with E-state index in [-0.39, 0.29) is 18.1 Å². The summed E-state index contributed by atoms with van der Waals surface area (Å²) in [6.45, 7) is 0. The molecule has 1 aromatic rings. The quantitative estimate of drug-likeness (QED) is 0.721. The number of carbonyl (C=O) groups excluding carboxylic acids is 1. The Hall–Kier alpha value is -1.15. The zero-order valence-corrected chi connectivity index (χ0v) is 9.26. The standard InChI is InChI=1S/C14H16O2/c15-13-9-11-7-4-8-12(14(13)16-11)10-5-2-1-3-6-10/h1-3,5-6,11-12,14H,4,7-9H2/t11-,12+,14+/m0/s1. The molecule has 2 saturated heterocycles. The predicted octanol–water partition coefficient (Wildman–Crippen LogP) is 2.68. The molecule has 0 saturated carbocycles. The van der Waals surface area contributed by atoms with Crippen molar-refractivity contribution in [2.75, 3.05) is 0 Å². The molecule has 3 atom stereocenters. The molecule has 16 heavy (non-hydrogen) atoms. The monoisotopic (exact) mass is 216 g/mol. The summed E-state index contributed by atoms with van der Waals surface area (Å²) in [5, 5.41) is 0. The average molecular weight is 216 g/mol. The van der Waals surface area contributed by atoms with Crippen LogP contribution in [0.4, 0.5) is 0 Å². The molecule has 0 unspecified atom stereocenters. The Balaban J connectivity index is 1.91. The maximum atomic E-state index is 11.9. The van der Waals surface area contributed by atoms with Crippen LogP contribution in [-0.4, -0.2) is 18.0 Å². The van der Waals surface area contributed by atoms with Crippen LogP contribution in [0.25, 0.3) is 0 Å². The first-order chi connectivity index (χ1) is 7.84. The number of fused-ring (bicyclic) bond motifs is 2. The topological polar surface area (TPSA) is 26.3 Å². The Morgan fingerprint density at radius 3 is 2.75 bits per heavy atom. The zero-order valence-electron chi connectivity index (χ0n) is 9.26. The Morgan fingerprint density at radius 1 is 1.12 bits per heavy atom. The number of ether oxygens (including phenoxy) is 1. The largest absolute Gasteiger partial charge is 0.366 e. The van der Waals surface area contributed by atoms with Gasteiger partial charge in [-0.05, 0) is 18.4 Å². The molecular weight excluding hydrogens is 200 g/mol. The lowest BCUT2D eigenvalue weighted by Gasteiger charge is -2.20. The first-order valence-corrected chi connectivity index (χ1v) is 6.08. The molecule has 1 aromatic carbocycles. The zero-order chi connectivity index (χ0) is 11.0. The molecule has 2 nitrogen and oxygen atoms in total. The van der Waals surface area contributed by atoms with Crippen molar-refractivity contribution >= 4 is 5.78 Å². The Kier molecular flexibility index (Phi) is 2.52. The number of Topliss-reactive ketones (excluding diaryl/α,β-unsaturated/α-hetero) is 1. The van der Waals surface area contributed by atoms with Crippen LogP contribution in [0.5, 0.6) is 0 Å². The first-order valence-electron chi connectivity index (χ1n) is 6.08. The van der Waals surface area contributed by atoms with Crippen molar-refractivity contribution in [2.45, 2.75) is 43.8 Å². The number of carbonyl (C=O) groups is 1. The second-order valence-electron chi connectivity index (χ2n) is 4.80. The van der Waals surface area contributed by atoms with Gasteiger partial charge < -0.3 is 4.74 Å². The van der Waals surface area contributed by atoms with Crippen molar-refractivity contribution in [3.8, 4) is 0 Å². The number of rotatable bonds is 1. The van der Waals surface area contributed by atoms with Gasteiger partial charge in [-0.3, -0.25) is 4.79 Å². The maximum absolute atomic E-state index is 11.9. The lowest BCUT2D eigenvalue weighted by atomic mass is 9.85. The fourth-order valence-electron chi connectivity index (χ4n) is 2.92. The molecule has 2 bridgehead atoms. The van der Waals surface area contributed by atoms with Gasteiger partial charge in [0, 0.05) is 12.3 Å². The van der Waals surface area contributed by atoms with Gasteiger partial charge in [0.1, 0.15) is 6.10 Å². The van der Waals surface area contributed by atoms with E-state index in [1.807, 2.05) is 18.2 Å². The normalized spacial score (nSPS) is 33.8. The van der Waals surface area contributed by atoms with Gasteiger partial charge in [0.15, 0.2) is 5.78 Å². The Bertz CT molecular complexity index is 385. The lowest BCUT2D eigenvalue weighted by Crippen LogP contribution is -2.24. The first kappa shape index (κ1) is 10.0. The van der Waals surface area contributed by atoms with Gasteiger partial charge in [0.2, 0.25) is 0 Å². The van der Waals surface area contributed by atoms with Crippen LogP contribution in [0.15, 0.2) is 30.3 Å². The van der Waals surface area contributed by atoms with Crippen LogP contribution in [0.2, 0.25) is 0 Å². The summed E-state index contributed by atoms with van der Waals surface area (Å²) >= 11 is 0. The lowest BCUT2D eigenvalue weighted by molar-refractivity contribution is -0.123. The summed E-state index contributed by atoms with van der Waals surface area (Å²) in [6, 6.07) is 10.3. The molecule has 0 aliphatic carbocycles. The number of benzene rings is 1. The molecule has 0 radical (unpaired) electrons. The summed E-state index contributed by atoms with van der Waals surface area (Å²) in [6.07, 6.45) is 3.96. The SMILES string of the molecule is O=C1C[C@@H]2CCC[C@H](c3ccccc3)[C@H]1O2. The highest BCUT2D eigenvalue weighted by molar-refractivity contribution is 5.86. The summed E-state index contributed by atoms with van der Waals surface area (Å²) in [4.78, 5) is 11.9. The van der Waals surface area contributed by atoms with Gasteiger partial charge in [-0.1, -0.05) is 36.8 Å². The van der Waals surface area contributed by atoms with E-state index in [0.29, 0.717) is 12.2 Å². The Morgan fingerprint density at radius 2 is 1.94 bits per heavy atom. The van der Waals surface area contributed by atoms with E-state index in [4.69, 9.17) is 4.74 Å². The minimum absolute atomic E-state index is 0.171. The van der Waals surface area contributed by atoms with Gasteiger partial charge >= 0.3 is 0 Å². The third-order valence-corrected chi connectivity index (χ3v) is 3.72. The molecule has 0 aromatic heterocycles. The van der Waals surface area contributed by atoms with E-state index in [2.05, 4.69) is 12.1 Å². The van der Waals surface area contributed by atoms with Crippen molar-refractivity contribution in [1.29, 1.82) is 0 Å². The fraction of sp³-hybridized carbons (Fsp3) is 0.500. The summed E-state index contributed by atoms with van der Waals surface area (Å²) in [7, 11) is 0. The van der Waals surface area contributed by atoms with Crippen LogP contribution in [-0.2, 0) is 9.53 Å². The van der Waals surface area contributed by atoms with Crippen LogP contribution in [0.3, 0.4) is 0 Å². The molecule has 0 amide bonds. The van der Waals surface area contributed by atoms with Crippen molar-refractivity contribution in [3.05, 3.63) is 35.9 Å². The molecule has 0 spiro atoms. The highest BCUT2D eigenvalue weighted by Crippen LogP contribution is 2.38. The Labute approximate surface area is 95.6 Å². The summed E-state index contributed by atoms with van der Waals surface area (Å²) in [5.41, 5.74) is 1.25.